The van der Waals surface area contributed by atoms with E-state index in [4.69, 9.17) is 9.47 Å². The van der Waals surface area contributed by atoms with E-state index in [1.54, 1.807) is 7.11 Å². The lowest BCUT2D eigenvalue weighted by atomic mass is 9.76. The Morgan fingerprint density at radius 2 is 1.81 bits per heavy atom. The van der Waals surface area contributed by atoms with Gasteiger partial charge in [0.25, 0.3) is 0 Å². The Bertz CT molecular complexity index is 724. The van der Waals surface area contributed by atoms with Crippen LogP contribution < -0.4 is 14.8 Å². The number of rotatable bonds is 7. The van der Waals surface area contributed by atoms with Crippen LogP contribution in [0.4, 0.5) is 0 Å². The van der Waals surface area contributed by atoms with Gasteiger partial charge in [-0.05, 0) is 42.0 Å². The second-order valence-corrected chi connectivity index (χ2v) is 7.61. The summed E-state index contributed by atoms with van der Waals surface area (Å²) in [5.41, 5.74) is 2.53. The zero-order valence-corrected chi connectivity index (χ0v) is 16.2. The third-order valence-corrected chi connectivity index (χ3v) is 5.91. The van der Waals surface area contributed by atoms with E-state index < -0.39 is 0 Å². The van der Waals surface area contributed by atoms with E-state index in [0.717, 1.165) is 49.2 Å². The molecule has 4 rings (SSSR count). The lowest BCUT2D eigenvalue weighted by Crippen LogP contribution is -2.47. The van der Waals surface area contributed by atoms with Crippen molar-refractivity contribution in [3.63, 3.8) is 0 Å². The maximum atomic E-state index is 6.05. The number of nitrogens with zero attached hydrogens (tertiary/aromatic N) is 1. The predicted molar refractivity (Wildman–Crippen MR) is 108 cm³/mol. The molecule has 1 saturated carbocycles. The van der Waals surface area contributed by atoms with Gasteiger partial charge >= 0.3 is 0 Å². The third-order valence-electron chi connectivity index (χ3n) is 5.91. The molecular weight excluding hydrogens is 336 g/mol. The second kappa shape index (κ2) is 8.77. The van der Waals surface area contributed by atoms with Gasteiger partial charge in [-0.25, -0.2) is 0 Å². The molecule has 2 aromatic carbocycles. The third kappa shape index (κ3) is 4.28. The van der Waals surface area contributed by atoms with Crippen LogP contribution in [0.2, 0.25) is 0 Å². The topological polar surface area (TPSA) is 33.7 Å². The maximum absolute atomic E-state index is 6.05. The molecule has 4 heteroatoms. The van der Waals surface area contributed by atoms with Crippen molar-refractivity contribution in [2.45, 2.75) is 31.9 Å². The summed E-state index contributed by atoms with van der Waals surface area (Å²) in [7, 11) is 1.73. The Kier molecular flexibility index (Phi) is 5.95. The first kappa shape index (κ1) is 18.3. The molecule has 2 fully saturated rings. The van der Waals surface area contributed by atoms with Crippen molar-refractivity contribution in [3.05, 3.63) is 59.7 Å². The van der Waals surface area contributed by atoms with Gasteiger partial charge in [-0.1, -0.05) is 42.8 Å². The van der Waals surface area contributed by atoms with E-state index >= 15 is 0 Å². The molecule has 2 aliphatic rings. The summed E-state index contributed by atoms with van der Waals surface area (Å²) in [6.45, 7) is 4.96. The van der Waals surface area contributed by atoms with Gasteiger partial charge in [-0.3, -0.25) is 4.90 Å². The maximum Gasteiger partial charge on any atom is 0.161 e. The molecular formula is C23H30N2O2. The Hall–Kier alpha value is -2.04. The van der Waals surface area contributed by atoms with Crippen LogP contribution >= 0.6 is 0 Å². The van der Waals surface area contributed by atoms with Crippen molar-refractivity contribution in [2.24, 2.45) is 5.92 Å². The quantitative estimate of drug-likeness (QED) is 0.802. The first-order valence-electron chi connectivity index (χ1n) is 10.1. The largest absolute Gasteiger partial charge is 0.493 e. The van der Waals surface area contributed by atoms with E-state index in [9.17, 15) is 0 Å². The van der Waals surface area contributed by atoms with Crippen LogP contribution in [-0.2, 0) is 6.61 Å². The molecule has 1 N–H and O–H groups in total. The second-order valence-electron chi connectivity index (χ2n) is 7.61. The predicted octanol–water partition coefficient (Wildman–Crippen LogP) is 4.02. The highest BCUT2D eigenvalue weighted by atomic mass is 16.5. The van der Waals surface area contributed by atoms with E-state index in [-0.39, 0.29) is 0 Å². The van der Waals surface area contributed by atoms with Crippen molar-refractivity contribution in [1.29, 1.82) is 0 Å². The zero-order valence-electron chi connectivity index (χ0n) is 16.2. The van der Waals surface area contributed by atoms with Gasteiger partial charge in [0.2, 0.25) is 0 Å². The first-order chi connectivity index (χ1) is 13.3. The number of nitrogens with one attached hydrogen (secondary N) is 1. The number of hydrogen-bond acceptors (Lipinski definition) is 4. The Balaban J connectivity index is 1.53. The SMILES string of the molecule is COc1cc([C@@H](C2CCC2)N2CCNCC2)ccc1OCc1ccccc1. The minimum absolute atomic E-state index is 0.498. The molecule has 27 heavy (non-hydrogen) atoms. The van der Waals surface area contributed by atoms with Gasteiger partial charge in [-0.15, -0.1) is 0 Å². The average molecular weight is 367 g/mol. The van der Waals surface area contributed by atoms with Gasteiger partial charge in [0.1, 0.15) is 6.61 Å². The Labute approximate surface area is 162 Å². The van der Waals surface area contributed by atoms with Crippen molar-refractivity contribution in [2.75, 3.05) is 33.3 Å². The normalized spacial score (nSPS) is 19.3. The van der Waals surface area contributed by atoms with Crippen molar-refractivity contribution in [3.8, 4) is 11.5 Å². The minimum atomic E-state index is 0.498. The van der Waals surface area contributed by atoms with Crippen molar-refractivity contribution < 1.29 is 9.47 Å². The minimum Gasteiger partial charge on any atom is -0.493 e. The van der Waals surface area contributed by atoms with Crippen LogP contribution in [0.3, 0.4) is 0 Å². The highest BCUT2D eigenvalue weighted by molar-refractivity contribution is 5.44. The Morgan fingerprint density at radius 1 is 1.04 bits per heavy atom. The standard InChI is InChI=1S/C23H30N2O2/c1-26-22-16-20(10-11-21(22)27-17-18-6-3-2-4-7-18)23(19-8-5-9-19)25-14-12-24-13-15-25/h2-4,6-7,10-11,16,19,23-24H,5,8-9,12-15,17H2,1H3/t23-/m1/s1. The molecule has 0 unspecified atom stereocenters. The highest BCUT2D eigenvalue weighted by Crippen LogP contribution is 2.43. The summed E-state index contributed by atoms with van der Waals surface area (Å²) in [6.07, 6.45) is 4.04. The molecule has 0 radical (unpaired) electrons. The van der Waals surface area contributed by atoms with Gasteiger partial charge in [-0.2, -0.15) is 0 Å². The molecule has 0 aromatic heterocycles. The van der Waals surface area contributed by atoms with Crippen LogP contribution in [0.1, 0.15) is 36.4 Å². The van der Waals surface area contributed by atoms with Crippen molar-refractivity contribution >= 4 is 0 Å². The fourth-order valence-electron chi connectivity index (χ4n) is 4.22. The Morgan fingerprint density at radius 3 is 2.48 bits per heavy atom. The smallest absolute Gasteiger partial charge is 0.161 e. The molecule has 1 saturated heterocycles. The van der Waals surface area contributed by atoms with Gasteiger partial charge < -0.3 is 14.8 Å². The van der Waals surface area contributed by atoms with Gasteiger partial charge in [0, 0.05) is 32.2 Å². The number of piperazine rings is 1. The fourth-order valence-corrected chi connectivity index (χ4v) is 4.22. The van der Waals surface area contributed by atoms with Crippen LogP contribution in [0, 0.1) is 5.92 Å². The monoisotopic (exact) mass is 366 g/mol. The van der Waals surface area contributed by atoms with Gasteiger partial charge in [0.05, 0.1) is 7.11 Å². The molecule has 1 heterocycles. The summed E-state index contributed by atoms with van der Waals surface area (Å²) in [5, 5.41) is 3.47. The lowest BCUT2D eigenvalue weighted by molar-refractivity contribution is 0.0835. The van der Waals surface area contributed by atoms with E-state index in [1.807, 2.05) is 18.2 Å². The average Bonchev–Trinajstić information content (AvgIpc) is 2.70. The van der Waals surface area contributed by atoms with E-state index in [1.165, 1.54) is 24.8 Å². The number of methoxy groups -OCH3 is 1. The van der Waals surface area contributed by atoms with Gasteiger partial charge in [0.15, 0.2) is 11.5 Å². The van der Waals surface area contributed by atoms with Crippen LogP contribution in [0.15, 0.2) is 48.5 Å². The molecule has 1 aliphatic carbocycles. The lowest BCUT2D eigenvalue weighted by Gasteiger charge is -2.43. The zero-order chi connectivity index (χ0) is 18.5. The summed E-state index contributed by atoms with van der Waals surface area (Å²) in [5.74, 6) is 2.42. The van der Waals surface area contributed by atoms with Crippen LogP contribution in [-0.4, -0.2) is 38.2 Å². The summed E-state index contributed by atoms with van der Waals surface area (Å²) >= 11 is 0. The van der Waals surface area contributed by atoms with E-state index in [0.29, 0.717) is 12.6 Å². The first-order valence-corrected chi connectivity index (χ1v) is 10.1. The molecule has 1 aliphatic heterocycles. The van der Waals surface area contributed by atoms with Crippen LogP contribution in [0.25, 0.3) is 0 Å². The highest BCUT2D eigenvalue weighted by Gasteiger charge is 2.34. The number of benzene rings is 2. The molecule has 0 amide bonds. The molecule has 2 aromatic rings. The fraction of sp³-hybridized carbons (Fsp3) is 0.478. The van der Waals surface area contributed by atoms with Crippen LogP contribution in [0.5, 0.6) is 11.5 Å². The molecule has 1 atom stereocenters. The summed E-state index contributed by atoms with van der Waals surface area (Å²) < 4.78 is 11.7. The molecule has 4 nitrogen and oxygen atoms in total. The molecule has 144 valence electrons. The molecule has 0 spiro atoms. The summed E-state index contributed by atoms with van der Waals surface area (Å²) in [4.78, 5) is 2.65. The summed E-state index contributed by atoms with van der Waals surface area (Å²) in [6, 6.07) is 17.3. The number of ether oxygens (including phenoxy) is 2. The number of hydrogen-bond donors (Lipinski definition) is 1. The van der Waals surface area contributed by atoms with Crippen molar-refractivity contribution in [1.82, 2.24) is 10.2 Å². The van der Waals surface area contributed by atoms with E-state index in [2.05, 4.69) is 40.5 Å². The molecule has 0 bridgehead atoms.